The summed E-state index contributed by atoms with van der Waals surface area (Å²) in [7, 11) is 1.31. The van der Waals surface area contributed by atoms with Crippen LogP contribution in [0, 0.1) is 12.7 Å². The summed E-state index contributed by atoms with van der Waals surface area (Å²) in [4.78, 5) is 4.45. The third-order valence-corrected chi connectivity index (χ3v) is 5.39. The lowest BCUT2D eigenvalue weighted by atomic mass is 10.0. The molecule has 0 amide bonds. The highest BCUT2D eigenvalue weighted by molar-refractivity contribution is 5.91. The number of alkyl halides is 3. The average molecular weight is 466 g/mol. The van der Waals surface area contributed by atoms with Crippen LogP contribution < -0.4 is 14.8 Å². The number of nitrogens with one attached hydrogen (secondary N) is 1. The summed E-state index contributed by atoms with van der Waals surface area (Å²) in [6.07, 6.45) is -4.15. The van der Waals surface area contributed by atoms with Crippen molar-refractivity contribution < 1.29 is 31.8 Å². The van der Waals surface area contributed by atoms with Crippen molar-refractivity contribution in [1.82, 2.24) is 15.2 Å². The SMILES string of the molecule is COc1c(O[C@H]2CCOC2)nc2c(N[C@H](C)c3cccc(C(F)(F)F)c3)nnc(C)c2c1F. The van der Waals surface area contributed by atoms with Crippen molar-refractivity contribution in [3.8, 4) is 11.6 Å². The van der Waals surface area contributed by atoms with Crippen molar-refractivity contribution in [3.63, 3.8) is 0 Å². The Labute approximate surface area is 187 Å². The molecule has 11 heteroatoms. The number of nitrogens with zero attached hydrogens (tertiary/aromatic N) is 3. The molecule has 1 aliphatic heterocycles. The fourth-order valence-electron chi connectivity index (χ4n) is 3.63. The number of fused-ring (bicyclic) bond motifs is 1. The zero-order chi connectivity index (χ0) is 23.8. The van der Waals surface area contributed by atoms with Crippen LogP contribution in [0.4, 0.5) is 23.4 Å². The van der Waals surface area contributed by atoms with Crippen LogP contribution in [-0.2, 0) is 10.9 Å². The topological polar surface area (TPSA) is 78.4 Å². The summed E-state index contributed by atoms with van der Waals surface area (Å²) in [6, 6.07) is 4.33. The van der Waals surface area contributed by atoms with Gasteiger partial charge in [-0.05, 0) is 31.5 Å². The van der Waals surface area contributed by atoms with Gasteiger partial charge in [0.15, 0.2) is 11.6 Å². The van der Waals surface area contributed by atoms with Crippen LogP contribution in [0.5, 0.6) is 11.6 Å². The normalized spacial score (nSPS) is 17.2. The fourth-order valence-corrected chi connectivity index (χ4v) is 3.63. The second kappa shape index (κ2) is 8.97. The molecule has 1 aliphatic rings. The molecule has 0 radical (unpaired) electrons. The molecule has 4 rings (SSSR count). The van der Waals surface area contributed by atoms with E-state index < -0.39 is 23.6 Å². The predicted octanol–water partition coefficient (Wildman–Crippen LogP) is 4.84. The first-order valence-corrected chi connectivity index (χ1v) is 10.3. The van der Waals surface area contributed by atoms with E-state index in [1.165, 1.54) is 13.2 Å². The van der Waals surface area contributed by atoms with Crippen molar-refractivity contribution in [2.75, 3.05) is 25.6 Å². The summed E-state index contributed by atoms with van der Waals surface area (Å²) >= 11 is 0. The van der Waals surface area contributed by atoms with Crippen LogP contribution in [0.1, 0.15) is 36.2 Å². The Kier molecular flexibility index (Phi) is 6.24. The van der Waals surface area contributed by atoms with Crippen molar-refractivity contribution in [2.24, 2.45) is 0 Å². The summed E-state index contributed by atoms with van der Waals surface area (Å²) < 4.78 is 71.0. The molecule has 7 nitrogen and oxygen atoms in total. The quantitative estimate of drug-likeness (QED) is 0.521. The lowest BCUT2D eigenvalue weighted by Crippen LogP contribution is -2.18. The molecular weight excluding hydrogens is 444 g/mol. The molecule has 0 unspecified atom stereocenters. The first-order chi connectivity index (χ1) is 15.7. The molecule has 176 valence electrons. The van der Waals surface area contributed by atoms with E-state index in [1.54, 1.807) is 19.9 Å². The third kappa shape index (κ3) is 4.63. The summed E-state index contributed by atoms with van der Waals surface area (Å²) in [5.74, 6) is -0.823. The standard InChI is InChI=1S/C22H22F4N4O3/c1-11(13-5-4-6-14(9-13)22(24,25)26)27-20-18-16(12(2)29-30-20)17(23)19(31-3)21(28-18)33-15-7-8-32-10-15/h4-6,9,11,15H,7-8,10H2,1-3H3,(H,27,30)/t11-,15+/m1/s1. The van der Waals surface area contributed by atoms with Gasteiger partial charge in [-0.25, -0.2) is 9.37 Å². The molecular formula is C22H22F4N4O3. The van der Waals surface area contributed by atoms with E-state index in [2.05, 4.69) is 20.5 Å². The molecule has 1 saturated heterocycles. The number of aromatic nitrogens is 3. The number of halogens is 4. The van der Waals surface area contributed by atoms with Gasteiger partial charge in [-0.15, -0.1) is 5.10 Å². The number of aryl methyl sites for hydroxylation is 1. The summed E-state index contributed by atoms with van der Waals surface area (Å²) in [5.41, 5.74) is 0.0145. The number of ether oxygens (including phenoxy) is 3. The van der Waals surface area contributed by atoms with Gasteiger partial charge in [0.25, 0.3) is 5.88 Å². The Hall–Kier alpha value is -3.21. The van der Waals surface area contributed by atoms with E-state index in [0.29, 0.717) is 25.2 Å². The Balaban J connectivity index is 1.75. The zero-order valence-corrected chi connectivity index (χ0v) is 18.2. The molecule has 0 spiro atoms. The minimum Gasteiger partial charge on any atom is -0.489 e. The van der Waals surface area contributed by atoms with Crippen LogP contribution >= 0.6 is 0 Å². The van der Waals surface area contributed by atoms with Gasteiger partial charge >= 0.3 is 6.18 Å². The maximum atomic E-state index is 15.4. The van der Waals surface area contributed by atoms with Crippen molar-refractivity contribution in [2.45, 2.75) is 38.6 Å². The van der Waals surface area contributed by atoms with Gasteiger partial charge in [-0.3, -0.25) is 0 Å². The molecule has 2 aromatic heterocycles. The van der Waals surface area contributed by atoms with Gasteiger partial charge in [-0.2, -0.15) is 18.3 Å². The Morgan fingerprint density at radius 1 is 1.24 bits per heavy atom. The molecule has 3 aromatic rings. The first kappa shape index (κ1) is 23.0. The van der Waals surface area contributed by atoms with Crippen molar-refractivity contribution in [3.05, 3.63) is 46.9 Å². The molecule has 0 saturated carbocycles. The second-order valence-corrected chi connectivity index (χ2v) is 7.71. The van der Waals surface area contributed by atoms with Gasteiger partial charge in [0.05, 0.1) is 43.0 Å². The highest BCUT2D eigenvalue weighted by atomic mass is 19.4. The van der Waals surface area contributed by atoms with Crippen molar-refractivity contribution >= 4 is 16.7 Å². The maximum absolute atomic E-state index is 15.4. The van der Waals surface area contributed by atoms with Gasteiger partial charge in [0.2, 0.25) is 5.75 Å². The van der Waals surface area contributed by atoms with Crippen LogP contribution in [0.3, 0.4) is 0 Å². The zero-order valence-electron chi connectivity index (χ0n) is 18.2. The molecule has 3 heterocycles. The second-order valence-electron chi connectivity index (χ2n) is 7.71. The van der Waals surface area contributed by atoms with E-state index in [9.17, 15) is 13.2 Å². The van der Waals surface area contributed by atoms with Crippen LogP contribution in [0.15, 0.2) is 24.3 Å². The van der Waals surface area contributed by atoms with Crippen molar-refractivity contribution in [1.29, 1.82) is 0 Å². The lowest BCUT2D eigenvalue weighted by molar-refractivity contribution is -0.137. The Morgan fingerprint density at radius 3 is 2.70 bits per heavy atom. The monoisotopic (exact) mass is 466 g/mol. The van der Waals surface area contributed by atoms with Gasteiger partial charge in [0, 0.05) is 6.42 Å². The smallest absolute Gasteiger partial charge is 0.416 e. The van der Waals surface area contributed by atoms with Gasteiger partial charge in [0.1, 0.15) is 11.6 Å². The van der Waals surface area contributed by atoms with E-state index in [1.807, 2.05) is 0 Å². The highest BCUT2D eigenvalue weighted by Crippen LogP contribution is 2.38. The minimum atomic E-state index is -4.47. The fraction of sp³-hybridized carbons (Fsp3) is 0.409. The Bertz CT molecular complexity index is 1170. The van der Waals surface area contributed by atoms with E-state index in [-0.39, 0.29) is 40.1 Å². The molecule has 1 N–H and O–H groups in total. The molecule has 0 aliphatic carbocycles. The van der Waals surface area contributed by atoms with Crippen LogP contribution in [-0.4, -0.2) is 41.6 Å². The highest BCUT2D eigenvalue weighted by Gasteiger charge is 2.31. The molecule has 0 bridgehead atoms. The number of anilines is 1. The molecule has 1 fully saturated rings. The Morgan fingerprint density at radius 2 is 2.03 bits per heavy atom. The number of hydrogen-bond donors (Lipinski definition) is 1. The number of benzene rings is 1. The first-order valence-electron chi connectivity index (χ1n) is 10.3. The summed E-state index contributed by atoms with van der Waals surface area (Å²) in [5, 5.41) is 11.2. The lowest BCUT2D eigenvalue weighted by Gasteiger charge is -2.19. The van der Waals surface area contributed by atoms with Gasteiger partial charge in [-0.1, -0.05) is 12.1 Å². The van der Waals surface area contributed by atoms with Crippen LogP contribution in [0.2, 0.25) is 0 Å². The molecule has 1 aromatic carbocycles. The number of hydrogen-bond acceptors (Lipinski definition) is 7. The van der Waals surface area contributed by atoms with E-state index >= 15 is 4.39 Å². The maximum Gasteiger partial charge on any atom is 0.416 e. The van der Waals surface area contributed by atoms with E-state index in [4.69, 9.17) is 14.2 Å². The van der Waals surface area contributed by atoms with Gasteiger partial charge < -0.3 is 19.5 Å². The largest absolute Gasteiger partial charge is 0.489 e. The summed E-state index contributed by atoms with van der Waals surface area (Å²) in [6.45, 7) is 4.10. The van der Waals surface area contributed by atoms with Crippen LogP contribution in [0.25, 0.3) is 10.9 Å². The number of pyridine rings is 1. The third-order valence-electron chi connectivity index (χ3n) is 5.39. The number of methoxy groups -OCH3 is 1. The molecule has 2 atom stereocenters. The predicted molar refractivity (Wildman–Crippen MR) is 112 cm³/mol. The molecule has 33 heavy (non-hydrogen) atoms. The minimum absolute atomic E-state index is 0.0554. The van der Waals surface area contributed by atoms with E-state index in [0.717, 1.165) is 12.1 Å². The average Bonchev–Trinajstić information content (AvgIpc) is 3.28. The number of rotatable bonds is 6.